The Balaban J connectivity index is 1.73. The second kappa shape index (κ2) is 7.60. The fourth-order valence-corrected chi connectivity index (χ4v) is 2.56. The van der Waals surface area contributed by atoms with Gasteiger partial charge in [0.05, 0.1) is 10.5 Å². The number of amides is 1. The molecule has 0 spiro atoms. The summed E-state index contributed by atoms with van der Waals surface area (Å²) in [6, 6.07) is 15.0. The van der Waals surface area contributed by atoms with E-state index in [4.69, 9.17) is 4.42 Å². The highest BCUT2D eigenvalue weighted by atomic mass is 16.6. The smallest absolute Gasteiger partial charge is 0.289 e. The van der Waals surface area contributed by atoms with E-state index in [1.54, 1.807) is 37.5 Å². The van der Waals surface area contributed by atoms with Crippen LogP contribution in [0.15, 0.2) is 65.2 Å². The average Bonchev–Trinajstić information content (AvgIpc) is 3.16. The number of hydrogen-bond acceptors (Lipinski definition) is 5. The molecule has 0 atom stereocenters. The molecule has 7 heteroatoms. The van der Waals surface area contributed by atoms with E-state index in [1.165, 1.54) is 17.0 Å². The number of aromatic nitrogens is 1. The van der Waals surface area contributed by atoms with Gasteiger partial charge in [-0.05, 0) is 30.3 Å². The van der Waals surface area contributed by atoms with Crippen molar-refractivity contribution in [3.05, 3.63) is 82.4 Å². The lowest BCUT2D eigenvalue weighted by atomic mass is 10.1. The summed E-state index contributed by atoms with van der Waals surface area (Å²) in [7, 11) is 1.68. The Bertz CT molecular complexity index is 921. The molecule has 0 aliphatic heterocycles. The van der Waals surface area contributed by atoms with Gasteiger partial charge in [0.25, 0.3) is 11.6 Å². The number of hydrogen-bond donors (Lipinski definition) is 0. The van der Waals surface area contributed by atoms with Gasteiger partial charge >= 0.3 is 0 Å². The topological polar surface area (TPSA) is 89.5 Å². The Morgan fingerprint density at radius 3 is 2.65 bits per heavy atom. The van der Waals surface area contributed by atoms with Gasteiger partial charge in [-0.25, -0.2) is 0 Å². The largest absolute Gasteiger partial charge is 0.451 e. The highest BCUT2D eigenvalue weighted by Crippen LogP contribution is 2.31. The Labute approximate surface area is 150 Å². The summed E-state index contributed by atoms with van der Waals surface area (Å²) in [5.41, 5.74) is 1.17. The summed E-state index contributed by atoms with van der Waals surface area (Å²) >= 11 is 0. The number of carbonyl (C=O) groups is 1. The molecule has 2 aromatic heterocycles. The molecule has 1 amide bonds. The number of benzene rings is 1. The fraction of sp³-hybridized carbons (Fsp3) is 0.158. The van der Waals surface area contributed by atoms with Gasteiger partial charge in [0, 0.05) is 38.0 Å². The third-order valence-corrected chi connectivity index (χ3v) is 3.96. The number of furan rings is 1. The minimum absolute atomic E-state index is 0.0654. The van der Waals surface area contributed by atoms with Gasteiger partial charge in [-0.15, -0.1) is 0 Å². The van der Waals surface area contributed by atoms with E-state index in [2.05, 4.69) is 4.98 Å². The second-order valence-electron chi connectivity index (χ2n) is 5.74. The number of nitro benzene ring substituents is 1. The SMILES string of the molecule is CN(CCc1ccccn1)C(=O)c1ccc(-c2ccccc2[N+](=O)[O-])o1. The maximum absolute atomic E-state index is 12.5. The van der Waals surface area contributed by atoms with E-state index in [-0.39, 0.29) is 17.4 Å². The van der Waals surface area contributed by atoms with E-state index >= 15 is 0 Å². The molecular formula is C19H17N3O4. The van der Waals surface area contributed by atoms with Crippen molar-refractivity contribution in [2.45, 2.75) is 6.42 Å². The van der Waals surface area contributed by atoms with Crippen molar-refractivity contribution in [1.29, 1.82) is 0 Å². The molecule has 0 saturated carbocycles. The molecule has 0 unspecified atom stereocenters. The third-order valence-electron chi connectivity index (χ3n) is 3.96. The first-order valence-electron chi connectivity index (χ1n) is 8.05. The lowest BCUT2D eigenvalue weighted by Gasteiger charge is -2.15. The number of likely N-dealkylation sites (N-methyl/N-ethyl adjacent to an activating group) is 1. The van der Waals surface area contributed by atoms with Crippen LogP contribution in [0.2, 0.25) is 0 Å². The van der Waals surface area contributed by atoms with Crippen LogP contribution in [0.1, 0.15) is 16.2 Å². The van der Waals surface area contributed by atoms with Crippen LogP contribution in [0.5, 0.6) is 0 Å². The van der Waals surface area contributed by atoms with Crippen molar-refractivity contribution in [2.24, 2.45) is 0 Å². The minimum atomic E-state index is -0.474. The average molecular weight is 351 g/mol. The number of rotatable bonds is 6. The van der Waals surface area contributed by atoms with Crippen LogP contribution in [-0.4, -0.2) is 34.3 Å². The molecule has 2 heterocycles. The zero-order chi connectivity index (χ0) is 18.5. The summed E-state index contributed by atoms with van der Waals surface area (Å²) < 4.78 is 5.58. The lowest BCUT2D eigenvalue weighted by molar-refractivity contribution is -0.384. The maximum Gasteiger partial charge on any atom is 0.289 e. The highest BCUT2D eigenvalue weighted by Gasteiger charge is 2.20. The standard InChI is InChI=1S/C19H17N3O4/c1-21(13-11-14-6-4-5-12-20-14)19(23)18-10-9-17(26-18)15-7-2-3-8-16(15)22(24)25/h2-10,12H,11,13H2,1H3. The van der Waals surface area contributed by atoms with Gasteiger partial charge in [-0.2, -0.15) is 0 Å². The van der Waals surface area contributed by atoms with Crippen LogP contribution in [0.4, 0.5) is 5.69 Å². The summed E-state index contributed by atoms with van der Waals surface area (Å²) in [5, 5.41) is 11.1. The lowest BCUT2D eigenvalue weighted by Crippen LogP contribution is -2.28. The molecule has 7 nitrogen and oxygen atoms in total. The number of nitrogens with zero attached hydrogens (tertiary/aromatic N) is 3. The van der Waals surface area contributed by atoms with Gasteiger partial charge in [0.15, 0.2) is 5.76 Å². The predicted molar refractivity (Wildman–Crippen MR) is 95.7 cm³/mol. The summed E-state index contributed by atoms with van der Waals surface area (Å²) in [4.78, 5) is 28.9. The van der Waals surface area contributed by atoms with Crippen LogP contribution in [0.3, 0.4) is 0 Å². The van der Waals surface area contributed by atoms with Crippen molar-refractivity contribution in [3.8, 4) is 11.3 Å². The maximum atomic E-state index is 12.5. The molecule has 0 N–H and O–H groups in total. The van der Waals surface area contributed by atoms with Crippen molar-refractivity contribution in [1.82, 2.24) is 9.88 Å². The number of carbonyl (C=O) groups excluding carboxylic acids is 1. The van der Waals surface area contributed by atoms with Crippen molar-refractivity contribution < 1.29 is 14.1 Å². The normalized spacial score (nSPS) is 10.5. The number of pyridine rings is 1. The van der Waals surface area contributed by atoms with E-state index < -0.39 is 4.92 Å². The van der Waals surface area contributed by atoms with Gasteiger partial charge in [0.2, 0.25) is 0 Å². The number of para-hydroxylation sites is 1. The fourth-order valence-electron chi connectivity index (χ4n) is 2.56. The highest BCUT2D eigenvalue weighted by molar-refractivity contribution is 5.92. The van der Waals surface area contributed by atoms with Crippen molar-refractivity contribution >= 4 is 11.6 Å². The Kier molecular flexibility index (Phi) is 5.07. The molecular weight excluding hydrogens is 334 g/mol. The first-order chi connectivity index (χ1) is 12.6. The molecule has 3 aromatic rings. The van der Waals surface area contributed by atoms with E-state index in [1.807, 2.05) is 18.2 Å². The Hall–Kier alpha value is -3.48. The molecule has 0 radical (unpaired) electrons. The van der Waals surface area contributed by atoms with Crippen LogP contribution in [-0.2, 0) is 6.42 Å². The van der Waals surface area contributed by atoms with Crippen molar-refractivity contribution in [2.75, 3.05) is 13.6 Å². The molecule has 1 aromatic carbocycles. The summed E-state index contributed by atoms with van der Waals surface area (Å²) in [6.45, 7) is 0.483. The first kappa shape index (κ1) is 17.3. The zero-order valence-corrected chi connectivity index (χ0v) is 14.2. The third kappa shape index (κ3) is 3.77. The predicted octanol–water partition coefficient (Wildman–Crippen LogP) is 3.56. The Morgan fingerprint density at radius 2 is 1.92 bits per heavy atom. The molecule has 0 aliphatic carbocycles. The second-order valence-corrected chi connectivity index (χ2v) is 5.74. The summed E-state index contributed by atoms with van der Waals surface area (Å²) in [5.74, 6) is 0.145. The van der Waals surface area contributed by atoms with E-state index in [0.717, 1.165) is 5.69 Å². The van der Waals surface area contributed by atoms with Crippen LogP contribution >= 0.6 is 0 Å². The summed E-state index contributed by atoms with van der Waals surface area (Å²) in [6.07, 6.45) is 2.34. The molecule has 26 heavy (non-hydrogen) atoms. The van der Waals surface area contributed by atoms with Crippen LogP contribution < -0.4 is 0 Å². The zero-order valence-electron chi connectivity index (χ0n) is 14.2. The van der Waals surface area contributed by atoms with Crippen LogP contribution in [0, 0.1) is 10.1 Å². The van der Waals surface area contributed by atoms with Gasteiger partial charge in [0.1, 0.15) is 5.76 Å². The van der Waals surface area contributed by atoms with Gasteiger partial charge in [-0.1, -0.05) is 18.2 Å². The van der Waals surface area contributed by atoms with E-state index in [0.29, 0.717) is 24.3 Å². The molecule has 0 saturated heterocycles. The molecule has 0 aliphatic rings. The molecule has 3 rings (SSSR count). The molecule has 0 bridgehead atoms. The molecule has 132 valence electrons. The minimum Gasteiger partial charge on any atom is -0.451 e. The monoisotopic (exact) mass is 351 g/mol. The van der Waals surface area contributed by atoms with E-state index in [9.17, 15) is 14.9 Å². The van der Waals surface area contributed by atoms with Gasteiger partial charge in [-0.3, -0.25) is 19.9 Å². The molecule has 0 fully saturated rings. The quantitative estimate of drug-likeness (QED) is 0.500. The first-order valence-corrected chi connectivity index (χ1v) is 8.05. The van der Waals surface area contributed by atoms with Crippen molar-refractivity contribution in [3.63, 3.8) is 0 Å². The van der Waals surface area contributed by atoms with Gasteiger partial charge < -0.3 is 9.32 Å². The number of nitro groups is 1. The Morgan fingerprint density at radius 1 is 1.15 bits per heavy atom. The van der Waals surface area contributed by atoms with Crippen LogP contribution in [0.25, 0.3) is 11.3 Å².